The number of rotatable bonds is 4. The van der Waals surface area contributed by atoms with Crippen LogP contribution in [0.25, 0.3) is 0 Å². The van der Waals surface area contributed by atoms with E-state index in [2.05, 4.69) is 4.72 Å². The SMILES string of the molecule is CC1(NS(=O)(=O)N2CCCCC2CN)CCOC1. The third kappa shape index (κ3) is 3.03. The molecule has 0 aromatic heterocycles. The molecule has 0 aromatic rings. The number of ether oxygens (including phenoxy) is 1. The Kier molecular flexibility index (Phi) is 4.28. The molecule has 7 heteroatoms. The minimum Gasteiger partial charge on any atom is -0.379 e. The fraction of sp³-hybridized carbons (Fsp3) is 1.00. The maximum atomic E-state index is 12.4. The summed E-state index contributed by atoms with van der Waals surface area (Å²) in [6.45, 7) is 3.88. The van der Waals surface area contributed by atoms with Crippen molar-refractivity contribution >= 4 is 10.2 Å². The molecule has 2 heterocycles. The summed E-state index contributed by atoms with van der Waals surface area (Å²) >= 11 is 0. The van der Waals surface area contributed by atoms with E-state index in [9.17, 15) is 8.42 Å². The summed E-state index contributed by atoms with van der Waals surface area (Å²) in [7, 11) is -3.46. The first-order chi connectivity index (χ1) is 8.47. The number of piperidine rings is 1. The minimum absolute atomic E-state index is 0.0674. The molecule has 0 saturated carbocycles. The lowest BCUT2D eigenvalue weighted by atomic mass is 10.0. The molecule has 0 bridgehead atoms. The summed E-state index contributed by atoms with van der Waals surface area (Å²) in [6.07, 6.45) is 3.52. The molecular weight excluding hydrogens is 254 g/mol. The highest BCUT2D eigenvalue weighted by atomic mass is 32.2. The van der Waals surface area contributed by atoms with Crippen LogP contribution in [-0.2, 0) is 14.9 Å². The van der Waals surface area contributed by atoms with Crippen molar-refractivity contribution in [1.29, 1.82) is 0 Å². The average Bonchev–Trinajstić information content (AvgIpc) is 2.74. The van der Waals surface area contributed by atoms with Crippen molar-refractivity contribution in [2.75, 3.05) is 26.3 Å². The second-order valence-electron chi connectivity index (χ2n) is 5.47. The third-order valence-corrected chi connectivity index (χ3v) is 5.60. The van der Waals surface area contributed by atoms with Gasteiger partial charge in [0.25, 0.3) is 10.2 Å². The Hall–Kier alpha value is -0.210. The lowest BCUT2D eigenvalue weighted by Crippen LogP contribution is -2.57. The Labute approximate surface area is 109 Å². The summed E-state index contributed by atoms with van der Waals surface area (Å²) in [5.74, 6) is 0. The van der Waals surface area contributed by atoms with Crippen molar-refractivity contribution in [1.82, 2.24) is 9.03 Å². The third-order valence-electron chi connectivity index (χ3n) is 3.75. The molecule has 106 valence electrons. The van der Waals surface area contributed by atoms with Crippen LogP contribution in [-0.4, -0.2) is 50.6 Å². The predicted octanol–water partition coefficient (Wildman–Crippen LogP) is -0.187. The van der Waals surface area contributed by atoms with Crippen LogP contribution in [0, 0.1) is 0 Å². The molecule has 18 heavy (non-hydrogen) atoms. The van der Waals surface area contributed by atoms with E-state index in [4.69, 9.17) is 10.5 Å². The zero-order valence-electron chi connectivity index (χ0n) is 10.9. The first-order valence-corrected chi connectivity index (χ1v) is 7.99. The van der Waals surface area contributed by atoms with E-state index in [1.165, 1.54) is 4.31 Å². The van der Waals surface area contributed by atoms with Gasteiger partial charge in [-0.2, -0.15) is 17.4 Å². The van der Waals surface area contributed by atoms with E-state index in [0.717, 1.165) is 19.3 Å². The Balaban J connectivity index is 2.09. The Bertz CT molecular complexity index is 379. The van der Waals surface area contributed by atoms with Crippen molar-refractivity contribution in [3.05, 3.63) is 0 Å². The largest absolute Gasteiger partial charge is 0.379 e. The van der Waals surface area contributed by atoms with Gasteiger partial charge >= 0.3 is 0 Å². The Morgan fingerprint density at radius 2 is 2.28 bits per heavy atom. The number of hydrogen-bond acceptors (Lipinski definition) is 4. The smallest absolute Gasteiger partial charge is 0.280 e. The fourth-order valence-electron chi connectivity index (χ4n) is 2.64. The van der Waals surface area contributed by atoms with Crippen molar-refractivity contribution in [3.63, 3.8) is 0 Å². The van der Waals surface area contributed by atoms with Crippen LogP contribution >= 0.6 is 0 Å². The van der Waals surface area contributed by atoms with Gasteiger partial charge in [0.2, 0.25) is 0 Å². The molecule has 2 unspecified atom stereocenters. The van der Waals surface area contributed by atoms with E-state index >= 15 is 0 Å². The lowest BCUT2D eigenvalue weighted by Gasteiger charge is -2.36. The highest BCUT2D eigenvalue weighted by molar-refractivity contribution is 7.87. The van der Waals surface area contributed by atoms with E-state index < -0.39 is 15.7 Å². The molecule has 2 fully saturated rings. The van der Waals surface area contributed by atoms with Crippen molar-refractivity contribution in [2.45, 2.75) is 44.2 Å². The molecule has 0 spiro atoms. The van der Waals surface area contributed by atoms with Crippen LogP contribution in [0.1, 0.15) is 32.6 Å². The minimum atomic E-state index is -3.46. The molecule has 2 atom stereocenters. The Morgan fingerprint density at radius 3 is 2.89 bits per heavy atom. The first kappa shape index (κ1) is 14.2. The predicted molar refractivity (Wildman–Crippen MR) is 69.3 cm³/mol. The number of nitrogens with one attached hydrogen (secondary N) is 1. The van der Waals surface area contributed by atoms with E-state index in [1.807, 2.05) is 6.92 Å². The highest BCUT2D eigenvalue weighted by Gasteiger charge is 2.39. The second-order valence-corrected chi connectivity index (χ2v) is 7.09. The summed E-state index contributed by atoms with van der Waals surface area (Å²) in [6, 6.07) is -0.0674. The van der Waals surface area contributed by atoms with Gasteiger partial charge < -0.3 is 10.5 Å². The van der Waals surface area contributed by atoms with Gasteiger partial charge in [-0.25, -0.2) is 0 Å². The Morgan fingerprint density at radius 1 is 1.50 bits per heavy atom. The van der Waals surface area contributed by atoms with Gasteiger partial charge in [-0.3, -0.25) is 0 Å². The lowest BCUT2D eigenvalue weighted by molar-refractivity contribution is 0.176. The van der Waals surface area contributed by atoms with E-state index in [1.54, 1.807) is 0 Å². The normalized spacial score (nSPS) is 34.9. The summed E-state index contributed by atoms with van der Waals surface area (Å²) in [5.41, 5.74) is 5.20. The van der Waals surface area contributed by atoms with E-state index in [-0.39, 0.29) is 6.04 Å². The van der Waals surface area contributed by atoms with Gasteiger partial charge in [0.05, 0.1) is 12.1 Å². The van der Waals surface area contributed by atoms with Gasteiger partial charge in [0.15, 0.2) is 0 Å². The van der Waals surface area contributed by atoms with Crippen molar-refractivity contribution < 1.29 is 13.2 Å². The molecule has 0 radical (unpaired) electrons. The number of nitrogens with two attached hydrogens (primary N) is 1. The van der Waals surface area contributed by atoms with Gasteiger partial charge in [0.1, 0.15) is 0 Å². The average molecular weight is 277 g/mol. The molecule has 0 aromatic carbocycles. The fourth-order valence-corrected chi connectivity index (χ4v) is 4.50. The van der Waals surface area contributed by atoms with Gasteiger partial charge in [-0.1, -0.05) is 6.42 Å². The number of hydrogen-bond donors (Lipinski definition) is 2. The monoisotopic (exact) mass is 277 g/mol. The maximum Gasteiger partial charge on any atom is 0.280 e. The van der Waals surface area contributed by atoms with Crippen LogP contribution in [0.4, 0.5) is 0 Å². The zero-order valence-corrected chi connectivity index (χ0v) is 11.7. The van der Waals surface area contributed by atoms with Gasteiger partial charge in [-0.15, -0.1) is 0 Å². The van der Waals surface area contributed by atoms with Gasteiger partial charge in [-0.05, 0) is 26.2 Å². The van der Waals surface area contributed by atoms with Crippen LogP contribution in [0.5, 0.6) is 0 Å². The standard InChI is InChI=1S/C11H23N3O3S/c1-11(5-7-17-9-11)13-18(15,16)14-6-3-2-4-10(14)8-12/h10,13H,2-9,12H2,1H3. The summed E-state index contributed by atoms with van der Waals surface area (Å²) in [4.78, 5) is 0. The van der Waals surface area contributed by atoms with Crippen LogP contribution in [0.2, 0.25) is 0 Å². The van der Waals surface area contributed by atoms with E-state index in [0.29, 0.717) is 32.7 Å². The summed E-state index contributed by atoms with van der Waals surface area (Å²) in [5, 5.41) is 0. The molecule has 0 aliphatic carbocycles. The second kappa shape index (κ2) is 5.42. The van der Waals surface area contributed by atoms with Crippen LogP contribution < -0.4 is 10.5 Å². The summed E-state index contributed by atoms with van der Waals surface area (Å²) < 4.78 is 34.4. The number of nitrogens with zero attached hydrogens (tertiary/aromatic N) is 1. The molecule has 2 saturated heterocycles. The topological polar surface area (TPSA) is 84.7 Å². The molecule has 0 amide bonds. The molecule has 2 rings (SSSR count). The molecule has 2 aliphatic heterocycles. The van der Waals surface area contributed by atoms with Gasteiger partial charge in [0, 0.05) is 25.7 Å². The quantitative estimate of drug-likeness (QED) is 0.746. The molecule has 6 nitrogen and oxygen atoms in total. The molecular formula is C11H23N3O3S. The molecule has 2 aliphatic rings. The first-order valence-electron chi connectivity index (χ1n) is 6.55. The molecule has 3 N–H and O–H groups in total. The van der Waals surface area contributed by atoms with Crippen molar-refractivity contribution in [2.24, 2.45) is 5.73 Å². The maximum absolute atomic E-state index is 12.4. The zero-order chi connectivity index (χ0) is 13.2. The highest BCUT2D eigenvalue weighted by Crippen LogP contribution is 2.23. The van der Waals surface area contributed by atoms with Crippen LogP contribution in [0.15, 0.2) is 0 Å². The van der Waals surface area contributed by atoms with Crippen LogP contribution in [0.3, 0.4) is 0 Å². The van der Waals surface area contributed by atoms with Crippen molar-refractivity contribution in [3.8, 4) is 0 Å².